The number of hydrogen-bond acceptors (Lipinski definition) is 5. The molecule has 1 saturated heterocycles. The number of aromatic hydroxyl groups is 1. The average molecular weight is 562 g/mol. The van der Waals surface area contributed by atoms with Crippen molar-refractivity contribution in [3.05, 3.63) is 82.9 Å². The average Bonchev–Trinajstić information content (AvgIpc) is 3.43. The van der Waals surface area contributed by atoms with Gasteiger partial charge in [0, 0.05) is 39.9 Å². The van der Waals surface area contributed by atoms with E-state index in [2.05, 4.69) is 67.3 Å². The lowest BCUT2D eigenvalue weighted by atomic mass is 9.87. The Morgan fingerprint density at radius 3 is 2.67 bits per heavy atom. The molecule has 0 unspecified atom stereocenters. The first-order valence-corrected chi connectivity index (χ1v) is 15.8. The molecule has 39 heavy (non-hydrogen) atoms. The maximum Gasteiger partial charge on any atom is 0.119 e. The number of halogens is 1. The van der Waals surface area contributed by atoms with Crippen LogP contribution in [0.4, 0.5) is 4.39 Å². The fourth-order valence-electron chi connectivity index (χ4n) is 6.08. The molecule has 3 heterocycles. The lowest BCUT2D eigenvalue weighted by molar-refractivity contribution is 0.198. The number of phenolic OH excluding ortho intramolecular Hbond substituents is 1. The van der Waals surface area contributed by atoms with Gasteiger partial charge in [-0.15, -0.1) is 23.5 Å². The summed E-state index contributed by atoms with van der Waals surface area (Å²) in [5, 5.41) is 10.2. The van der Waals surface area contributed by atoms with E-state index in [-0.39, 0.29) is 17.5 Å². The third kappa shape index (κ3) is 5.89. The van der Waals surface area contributed by atoms with Crippen LogP contribution < -0.4 is 4.74 Å². The number of allylic oxidation sites excluding steroid dienone is 1. The molecule has 0 spiro atoms. The molecule has 204 valence electrons. The minimum absolute atomic E-state index is 0.150. The highest BCUT2D eigenvalue weighted by Crippen LogP contribution is 2.48. The smallest absolute Gasteiger partial charge is 0.119 e. The third-order valence-corrected chi connectivity index (χ3v) is 10.2. The largest absolute Gasteiger partial charge is 0.508 e. The summed E-state index contributed by atoms with van der Waals surface area (Å²) in [6.45, 7) is 7.02. The SMILES string of the molecule is CC1(C)Cc2cc(C3=C(c4ccc(O[C@H]5CCN(CCCF)C5)cc4)c4ccc(O)cc4SCC3)ccc2S1. The maximum atomic E-state index is 12.6. The van der Waals surface area contributed by atoms with Gasteiger partial charge in [-0.3, -0.25) is 9.29 Å². The number of benzene rings is 3. The Morgan fingerprint density at radius 2 is 1.85 bits per heavy atom. The van der Waals surface area contributed by atoms with Gasteiger partial charge in [0.05, 0.1) is 6.67 Å². The molecule has 1 N–H and O–H groups in total. The zero-order chi connectivity index (χ0) is 27.0. The van der Waals surface area contributed by atoms with Crippen LogP contribution in [0.25, 0.3) is 11.1 Å². The summed E-state index contributed by atoms with van der Waals surface area (Å²) in [5.74, 6) is 2.15. The number of rotatable bonds is 7. The fraction of sp³-hybridized carbons (Fsp3) is 0.394. The van der Waals surface area contributed by atoms with Crippen LogP contribution in [-0.4, -0.2) is 52.9 Å². The summed E-state index contributed by atoms with van der Waals surface area (Å²) < 4.78 is 19.1. The Balaban J connectivity index is 1.34. The Hall–Kier alpha value is -2.41. The molecule has 0 bridgehead atoms. The van der Waals surface area contributed by atoms with Gasteiger partial charge in [-0.2, -0.15) is 0 Å². The van der Waals surface area contributed by atoms with Crippen molar-refractivity contribution in [1.82, 2.24) is 4.90 Å². The quantitative estimate of drug-likeness (QED) is 0.315. The molecular formula is C33H36FNO2S2. The van der Waals surface area contributed by atoms with Gasteiger partial charge < -0.3 is 9.84 Å². The van der Waals surface area contributed by atoms with E-state index in [4.69, 9.17) is 4.74 Å². The summed E-state index contributed by atoms with van der Waals surface area (Å²) >= 11 is 3.79. The van der Waals surface area contributed by atoms with E-state index in [9.17, 15) is 9.50 Å². The second-order valence-corrected chi connectivity index (χ2v) is 14.3. The number of likely N-dealkylation sites (tertiary alicyclic amines) is 1. The van der Waals surface area contributed by atoms with E-state index in [1.807, 2.05) is 29.6 Å². The van der Waals surface area contributed by atoms with Crippen LogP contribution in [0, 0.1) is 0 Å². The van der Waals surface area contributed by atoms with Crippen LogP contribution in [0.5, 0.6) is 11.5 Å². The molecule has 0 saturated carbocycles. The normalized spacial score (nSPS) is 20.5. The van der Waals surface area contributed by atoms with Gasteiger partial charge in [0.25, 0.3) is 0 Å². The van der Waals surface area contributed by atoms with Crippen molar-refractivity contribution in [2.24, 2.45) is 0 Å². The highest BCUT2D eigenvalue weighted by atomic mass is 32.2. The fourth-order valence-corrected chi connectivity index (χ4v) is 8.35. The van der Waals surface area contributed by atoms with Gasteiger partial charge in [0.1, 0.15) is 17.6 Å². The van der Waals surface area contributed by atoms with Crippen molar-refractivity contribution < 1.29 is 14.2 Å². The molecule has 0 aliphatic carbocycles. The topological polar surface area (TPSA) is 32.7 Å². The van der Waals surface area contributed by atoms with Crippen molar-refractivity contribution in [3.63, 3.8) is 0 Å². The molecule has 6 rings (SSSR count). The molecule has 3 aromatic carbocycles. The number of alkyl halides is 1. The van der Waals surface area contributed by atoms with Gasteiger partial charge in [-0.1, -0.05) is 38.1 Å². The Kier molecular flexibility index (Phi) is 7.71. The van der Waals surface area contributed by atoms with Crippen molar-refractivity contribution in [2.75, 3.05) is 32.1 Å². The number of ether oxygens (including phenoxy) is 1. The van der Waals surface area contributed by atoms with Gasteiger partial charge in [-0.05, 0) is 95.5 Å². The number of phenols is 1. The van der Waals surface area contributed by atoms with Crippen LogP contribution in [0.2, 0.25) is 0 Å². The summed E-state index contributed by atoms with van der Waals surface area (Å²) in [4.78, 5) is 4.81. The highest BCUT2D eigenvalue weighted by Gasteiger charge is 2.30. The van der Waals surface area contributed by atoms with Gasteiger partial charge in [0.15, 0.2) is 0 Å². The maximum absolute atomic E-state index is 12.6. The number of thioether (sulfide) groups is 2. The monoisotopic (exact) mass is 561 g/mol. The molecule has 1 fully saturated rings. The molecule has 3 aromatic rings. The van der Waals surface area contributed by atoms with E-state index in [1.54, 1.807) is 6.07 Å². The predicted molar refractivity (Wildman–Crippen MR) is 162 cm³/mol. The van der Waals surface area contributed by atoms with Crippen LogP contribution in [-0.2, 0) is 6.42 Å². The Labute approximate surface area is 239 Å². The second kappa shape index (κ2) is 11.2. The Bertz CT molecular complexity index is 1380. The van der Waals surface area contributed by atoms with E-state index in [0.29, 0.717) is 12.2 Å². The first kappa shape index (κ1) is 26.8. The number of hydrogen-bond donors (Lipinski definition) is 1. The van der Waals surface area contributed by atoms with E-state index in [0.717, 1.165) is 60.9 Å². The van der Waals surface area contributed by atoms with Crippen LogP contribution in [0.3, 0.4) is 0 Å². The second-order valence-electron chi connectivity index (χ2n) is 11.4. The minimum Gasteiger partial charge on any atom is -0.508 e. The molecule has 3 aliphatic heterocycles. The summed E-state index contributed by atoms with van der Waals surface area (Å²) in [7, 11) is 0. The molecule has 6 heteroatoms. The Morgan fingerprint density at radius 1 is 1.03 bits per heavy atom. The minimum atomic E-state index is -0.259. The standard InChI is InChI=1S/C33H36FNO2S2/c1-33(2)20-24-18-23(6-11-30(24)39-33)28-13-17-38-31-19-25(36)7-10-29(31)32(28)22-4-8-26(9-5-22)37-27-12-16-35(21-27)15-3-14-34/h4-11,18-19,27,36H,3,12-17,20-21H2,1-2H3/t27-/m0/s1. The van der Waals surface area contributed by atoms with Gasteiger partial charge >= 0.3 is 0 Å². The van der Waals surface area contributed by atoms with Gasteiger partial charge in [-0.25, -0.2) is 0 Å². The predicted octanol–water partition coefficient (Wildman–Crippen LogP) is 8.09. The summed E-state index contributed by atoms with van der Waals surface area (Å²) in [6.07, 6.45) is 3.76. The highest BCUT2D eigenvalue weighted by molar-refractivity contribution is 8.01. The summed E-state index contributed by atoms with van der Waals surface area (Å²) in [6, 6.07) is 21.3. The lowest BCUT2D eigenvalue weighted by Crippen LogP contribution is -2.26. The first-order chi connectivity index (χ1) is 18.9. The van der Waals surface area contributed by atoms with Crippen LogP contribution in [0.15, 0.2) is 70.5 Å². The van der Waals surface area contributed by atoms with Crippen molar-refractivity contribution in [1.29, 1.82) is 0 Å². The molecule has 0 amide bonds. The van der Waals surface area contributed by atoms with E-state index < -0.39 is 0 Å². The van der Waals surface area contributed by atoms with Crippen LogP contribution >= 0.6 is 23.5 Å². The molecule has 1 atom stereocenters. The molecule has 0 radical (unpaired) electrons. The van der Waals surface area contributed by atoms with E-state index in [1.165, 1.54) is 32.7 Å². The van der Waals surface area contributed by atoms with E-state index >= 15 is 0 Å². The van der Waals surface area contributed by atoms with Crippen molar-refractivity contribution in [2.45, 2.75) is 60.2 Å². The van der Waals surface area contributed by atoms with Crippen molar-refractivity contribution in [3.8, 4) is 11.5 Å². The molecular weight excluding hydrogens is 526 g/mol. The van der Waals surface area contributed by atoms with Crippen molar-refractivity contribution >= 4 is 34.7 Å². The van der Waals surface area contributed by atoms with Crippen LogP contribution in [0.1, 0.15) is 55.4 Å². The number of nitrogens with zero attached hydrogens (tertiary/aromatic N) is 1. The third-order valence-electron chi connectivity index (χ3n) is 7.84. The molecule has 3 nitrogen and oxygen atoms in total. The zero-order valence-electron chi connectivity index (χ0n) is 22.7. The number of fused-ring (bicyclic) bond motifs is 2. The summed E-state index contributed by atoms with van der Waals surface area (Å²) in [5.41, 5.74) is 7.68. The lowest BCUT2D eigenvalue weighted by Gasteiger charge is -2.19. The first-order valence-electron chi connectivity index (χ1n) is 14.0. The zero-order valence-corrected chi connectivity index (χ0v) is 24.3. The molecule has 3 aliphatic rings. The molecule has 0 aromatic heterocycles. The van der Waals surface area contributed by atoms with Gasteiger partial charge in [0.2, 0.25) is 0 Å².